The van der Waals surface area contributed by atoms with Crippen LogP contribution in [0.25, 0.3) is 16.2 Å². The molecule has 2 aromatic heterocycles. The number of halogens is 2. The third-order valence-corrected chi connectivity index (χ3v) is 4.54. The van der Waals surface area contributed by atoms with Gasteiger partial charge in [-0.2, -0.15) is 0 Å². The minimum Gasteiger partial charge on any atom is -0.365 e. The Morgan fingerprint density at radius 3 is 2.71 bits per heavy atom. The first kappa shape index (κ1) is 14.7. The summed E-state index contributed by atoms with van der Waals surface area (Å²) in [6.07, 6.45) is 2.00. The average Bonchev–Trinajstić information content (AvgIpc) is 2.94. The minimum absolute atomic E-state index is 0.0856. The summed E-state index contributed by atoms with van der Waals surface area (Å²) >= 11 is 14.1. The van der Waals surface area contributed by atoms with Gasteiger partial charge < -0.3 is 5.32 Å². The molecule has 0 fully saturated rings. The topological polar surface area (TPSA) is 29.3 Å². The van der Waals surface area contributed by atoms with Crippen molar-refractivity contribution >= 4 is 45.3 Å². The maximum atomic E-state index is 6.36. The van der Waals surface area contributed by atoms with E-state index in [4.69, 9.17) is 28.2 Å². The molecule has 0 amide bonds. The number of thiazole rings is 1. The molecule has 0 spiro atoms. The summed E-state index contributed by atoms with van der Waals surface area (Å²) in [5.41, 5.74) is 1.58. The fourth-order valence-electron chi connectivity index (χ4n) is 2.13. The molecule has 6 heteroatoms. The number of imidazole rings is 1. The molecule has 21 heavy (non-hydrogen) atoms. The van der Waals surface area contributed by atoms with E-state index < -0.39 is 0 Å². The summed E-state index contributed by atoms with van der Waals surface area (Å²) in [5.74, 6) is 0.933. The van der Waals surface area contributed by atoms with Crippen molar-refractivity contribution in [2.45, 2.75) is 26.3 Å². The molecule has 0 unspecified atom stereocenters. The van der Waals surface area contributed by atoms with Gasteiger partial charge in [-0.1, -0.05) is 35.3 Å². The summed E-state index contributed by atoms with van der Waals surface area (Å²) in [6, 6.07) is 5.61. The zero-order valence-electron chi connectivity index (χ0n) is 11.9. The third kappa shape index (κ3) is 2.76. The Bertz CT molecular complexity index is 799. The van der Waals surface area contributed by atoms with Crippen LogP contribution in [0.4, 0.5) is 5.82 Å². The Kier molecular flexibility index (Phi) is 3.64. The molecule has 1 N–H and O–H groups in total. The van der Waals surface area contributed by atoms with Crippen LogP contribution in [0.3, 0.4) is 0 Å². The molecule has 0 aliphatic carbocycles. The van der Waals surface area contributed by atoms with Crippen molar-refractivity contribution in [2.75, 3.05) is 5.32 Å². The van der Waals surface area contributed by atoms with E-state index in [1.54, 1.807) is 17.4 Å². The third-order valence-electron chi connectivity index (χ3n) is 2.96. The lowest BCUT2D eigenvalue weighted by atomic mass is 10.1. The first-order valence-corrected chi connectivity index (χ1v) is 8.18. The monoisotopic (exact) mass is 339 g/mol. The molecule has 3 nitrogen and oxygen atoms in total. The van der Waals surface area contributed by atoms with Gasteiger partial charge in [0.25, 0.3) is 0 Å². The molecule has 0 aliphatic rings. The van der Waals surface area contributed by atoms with E-state index in [1.807, 2.05) is 28.1 Å². The van der Waals surface area contributed by atoms with Crippen LogP contribution in [0, 0.1) is 0 Å². The van der Waals surface area contributed by atoms with Crippen LogP contribution in [-0.2, 0) is 0 Å². The van der Waals surface area contributed by atoms with Gasteiger partial charge in [0.1, 0.15) is 11.5 Å². The summed E-state index contributed by atoms with van der Waals surface area (Å²) in [7, 11) is 0. The molecular formula is C15H15Cl2N3S. The Morgan fingerprint density at radius 2 is 2.00 bits per heavy atom. The summed E-state index contributed by atoms with van der Waals surface area (Å²) in [4.78, 5) is 5.63. The summed E-state index contributed by atoms with van der Waals surface area (Å²) in [6.45, 7) is 6.34. The number of fused-ring (bicyclic) bond motifs is 1. The van der Waals surface area contributed by atoms with Crippen molar-refractivity contribution in [1.29, 1.82) is 0 Å². The number of benzene rings is 1. The molecule has 0 radical (unpaired) electrons. The average molecular weight is 340 g/mol. The first-order valence-electron chi connectivity index (χ1n) is 6.55. The number of aromatic nitrogens is 2. The molecule has 3 aromatic rings. The molecule has 1 aromatic carbocycles. The van der Waals surface area contributed by atoms with Gasteiger partial charge in [0.2, 0.25) is 0 Å². The molecular weight excluding hydrogens is 325 g/mol. The normalized spacial score (nSPS) is 12.0. The lowest BCUT2D eigenvalue weighted by Gasteiger charge is -2.22. The largest absolute Gasteiger partial charge is 0.365 e. The molecule has 0 saturated carbocycles. The Hall–Kier alpha value is -1.23. The predicted molar refractivity (Wildman–Crippen MR) is 91.9 cm³/mol. The van der Waals surface area contributed by atoms with Crippen molar-refractivity contribution in [3.8, 4) is 11.3 Å². The van der Waals surface area contributed by atoms with Crippen LogP contribution in [0.2, 0.25) is 10.0 Å². The fraction of sp³-hybridized carbons (Fsp3) is 0.267. The highest BCUT2D eigenvalue weighted by Gasteiger charge is 2.21. The van der Waals surface area contributed by atoms with E-state index in [-0.39, 0.29) is 5.54 Å². The van der Waals surface area contributed by atoms with Gasteiger partial charge in [0, 0.05) is 22.7 Å². The van der Waals surface area contributed by atoms with E-state index in [0.717, 1.165) is 22.0 Å². The van der Waals surface area contributed by atoms with Gasteiger partial charge in [-0.25, -0.2) is 4.98 Å². The highest BCUT2D eigenvalue weighted by molar-refractivity contribution is 7.15. The van der Waals surface area contributed by atoms with Gasteiger partial charge in [0.15, 0.2) is 4.96 Å². The van der Waals surface area contributed by atoms with Crippen LogP contribution in [-0.4, -0.2) is 14.9 Å². The van der Waals surface area contributed by atoms with Crippen LogP contribution in [0.5, 0.6) is 0 Å². The summed E-state index contributed by atoms with van der Waals surface area (Å²) in [5, 5.41) is 6.59. The van der Waals surface area contributed by atoms with Crippen molar-refractivity contribution in [2.24, 2.45) is 0 Å². The van der Waals surface area contributed by atoms with Crippen molar-refractivity contribution in [1.82, 2.24) is 9.38 Å². The minimum atomic E-state index is -0.0856. The van der Waals surface area contributed by atoms with Gasteiger partial charge in [0.05, 0.1) is 10.0 Å². The van der Waals surface area contributed by atoms with E-state index >= 15 is 0 Å². The molecule has 110 valence electrons. The maximum absolute atomic E-state index is 6.36. The van der Waals surface area contributed by atoms with E-state index in [2.05, 4.69) is 26.1 Å². The zero-order valence-corrected chi connectivity index (χ0v) is 14.3. The van der Waals surface area contributed by atoms with Crippen molar-refractivity contribution < 1.29 is 0 Å². The Balaban J connectivity index is 2.24. The second kappa shape index (κ2) is 5.20. The molecule has 3 rings (SSSR count). The number of nitrogens with zero attached hydrogens (tertiary/aromatic N) is 2. The lowest BCUT2D eigenvalue weighted by Crippen LogP contribution is -2.27. The van der Waals surface area contributed by atoms with E-state index in [1.165, 1.54) is 0 Å². The quantitative estimate of drug-likeness (QED) is 0.660. The lowest BCUT2D eigenvalue weighted by molar-refractivity contribution is 0.630. The van der Waals surface area contributed by atoms with Gasteiger partial charge in [-0.15, -0.1) is 11.3 Å². The number of hydrogen-bond acceptors (Lipinski definition) is 3. The smallest absolute Gasteiger partial charge is 0.195 e. The predicted octanol–water partition coefficient (Wildman–Crippen LogP) is 5.58. The number of nitrogens with one attached hydrogen (secondary N) is 1. The highest BCUT2D eigenvalue weighted by Crippen LogP contribution is 2.38. The first-order chi connectivity index (χ1) is 9.87. The fourth-order valence-corrected chi connectivity index (χ4v) is 3.24. The number of anilines is 1. The van der Waals surface area contributed by atoms with E-state index in [9.17, 15) is 0 Å². The summed E-state index contributed by atoms with van der Waals surface area (Å²) < 4.78 is 2.04. The second-order valence-corrected chi connectivity index (χ2v) is 7.50. The maximum Gasteiger partial charge on any atom is 0.195 e. The molecule has 0 bridgehead atoms. The number of rotatable bonds is 2. The van der Waals surface area contributed by atoms with Gasteiger partial charge in [-0.05, 0) is 26.8 Å². The standard InChI is InChI=1S/C15H15Cl2N3S/c1-15(2,3)19-13-12(18-14-20(13)7-8-21-14)9-5-4-6-10(16)11(9)17/h4-8,19H,1-3H3. The second-order valence-electron chi connectivity index (χ2n) is 5.84. The van der Waals surface area contributed by atoms with E-state index in [0.29, 0.717) is 10.0 Å². The van der Waals surface area contributed by atoms with Crippen LogP contribution in [0.15, 0.2) is 29.8 Å². The zero-order chi connectivity index (χ0) is 15.2. The SMILES string of the molecule is CC(C)(C)Nc1c(-c2cccc(Cl)c2Cl)nc2sccn12. The van der Waals surface area contributed by atoms with Gasteiger partial charge >= 0.3 is 0 Å². The van der Waals surface area contributed by atoms with Crippen LogP contribution in [0.1, 0.15) is 20.8 Å². The molecule has 0 aliphatic heterocycles. The van der Waals surface area contributed by atoms with Crippen molar-refractivity contribution in [3.05, 3.63) is 39.8 Å². The highest BCUT2D eigenvalue weighted by atomic mass is 35.5. The van der Waals surface area contributed by atoms with Crippen LogP contribution >= 0.6 is 34.5 Å². The number of hydrogen-bond donors (Lipinski definition) is 1. The molecule has 0 atom stereocenters. The Labute approximate surface area is 137 Å². The molecule has 2 heterocycles. The molecule has 0 saturated heterocycles. The van der Waals surface area contributed by atoms with Crippen molar-refractivity contribution in [3.63, 3.8) is 0 Å². The Morgan fingerprint density at radius 1 is 1.24 bits per heavy atom. The van der Waals surface area contributed by atoms with Gasteiger partial charge in [-0.3, -0.25) is 4.40 Å². The van der Waals surface area contributed by atoms with Crippen LogP contribution < -0.4 is 5.32 Å².